The number of nitrogens with zero attached hydrogens (tertiary/aromatic N) is 1. The second-order valence-corrected chi connectivity index (χ2v) is 6.58. The first-order valence-electron chi connectivity index (χ1n) is 6.73. The topological polar surface area (TPSA) is 77.4 Å². The van der Waals surface area contributed by atoms with Gasteiger partial charge in [-0.2, -0.15) is 0 Å². The number of rotatable bonds is 5. The molecule has 23 heavy (non-hydrogen) atoms. The second-order valence-electron chi connectivity index (χ2n) is 4.90. The van der Waals surface area contributed by atoms with E-state index in [-0.39, 0.29) is 11.4 Å². The Morgan fingerprint density at radius 1 is 1.35 bits per heavy atom. The van der Waals surface area contributed by atoms with E-state index in [2.05, 4.69) is 21.2 Å². The van der Waals surface area contributed by atoms with Crippen molar-refractivity contribution in [2.75, 3.05) is 11.9 Å². The number of hydrogen-bond acceptors (Lipinski definition) is 5. The summed E-state index contributed by atoms with van der Waals surface area (Å²) in [4.78, 5) is 34.8. The van der Waals surface area contributed by atoms with E-state index < -0.39 is 18.5 Å². The predicted octanol–water partition coefficient (Wildman–Crippen LogP) is 2.47. The lowest BCUT2D eigenvalue weighted by Gasteiger charge is -2.08. The van der Waals surface area contributed by atoms with Gasteiger partial charge in [-0.1, -0.05) is 33.3 Å². The van der Waals surface area contributed by atoms with Crippen LogP contribution >= 0.6 is 27.3 Å². The Kier molecular flexibility index (Phi) is 5.73. The lowest BCUT2D eigenvalue weighted by atomic mass is 10.2. The van der Waals surface area contributed by atoms with Crippen molar-refractivity contribution in [1.29, 1.82) is 0 Å². The van der Waals surface area contributed by atoms with Gasteiger partial charge in [-0.3, -0.25) is 19.0 Å². The van der Waals surface area contributed by atoms with E-state index in [0.29, 0.717) is 11.4 Å². The number of benzene rings is 1. The monoisotopic (exact) mass is 398 g/mol. The molecule has 0 unspecified atom stereocenters. The molecule has 1 aromatic heterocycles. The average molecular weight is 399 g/mol. The molecule has 0 aliphatic carbocycles. The van der Waals surface area contributed by atoms with E-state index in [9.17, 15) is 14.4 Å². The number of hydrogen-bond donors (Lipinski definition) is 1. The first kappa shape index (κ1) is 17.4. The van der Waals surface area contributed by atoms with Gasteiger partial charge in [-0.05, 0) is 31.5 Å². The minimum Gasteiger partial charge on any atom is -0.454 e. The van der Waals surface area contributed by atoms with Gasteiger partial charge >= 0.3 is 10.8 Å². The van der Waals surface area contributed by atoms with Crippen molar-refractivity contribution in [2.24, 2.45) is 0 Å². The van der Waals surface area contributed by atoms with Gasteiger partial charge in [0.1, 0.15) is 6.54 Å². The third-order valence-electron chi connectivity index (χ3n) is 3.08. The third-order valence-corrected chi connectivity index (χ3v) is 4.82. The van der Waals surface area contributed by atoms with Gasteiger partial charge in [0.15, 0.2) is 6.61 Å². The Morgan fingerprint density at radius 3 is 2.70 bits per heavy atom. The summed E-state index contributed by atoms with van der Waals surface area (Å²) >= 11 is 4.39. The molecule has 1 N–H and O–H groups in total. The molecule has 1 heterocycles. The van der Waals surface area contributed by atoms with Crippen molar-refractivity contribution in [3.05, 3.63) is 49.0 Å². The van der Waals surface area contributed by atoms with E-state index in [0.717, 1.165) is 21.4 Å². The molecule has 8 heteroatoms. The quantitative estimate of drug-likeness (QED) is 0.784. The van der Waals surface area contributed by atoms with Gasteiger partial charge in [0.2, 0.25) is 0 Å². The molecule has 122 valence electrons. The van der Waals surface area contributed by atoms with Crippen LogP contribution in [0.3, 0.4) is 0 Å². The third kappa shape index (κ3) is 4.77. The standard InChI is InChI=1S/C15H15BrN2O4S/c1-9-3-4-11(5-12(9)16)17-13(19)7-22-14(20)6-18-10(2)8-23-15(18)21/h3-5,8H,6-7H2,1-2H3,(H,17,19). The molecule has 0 saturated carbocycles. The van der Waals surface area contributed by atoms with E-state index >= 15 is 0 Å². The molecule has 2 rings (SSSR count). The molecule has 0 atom stereocenters. The number of anilines is 1. The van der Waals surface area contributed by atoms with Crippen LogP contribution in [0.15, 0.2) is 32.8 Å². The summed E-state index contributed by atoms with van der Waals surface area (Å²) in [5.74, 6) is -1.07. The fourth-order valence-corrected chi connectivity index (χ4v) is 2.90. The summed E-state index contributed by atoms with van der Waals surface area (Å²) in [5.41, 5.74) is 2.34. The van der Waals surface area contributed by atoms with Crippen LogP contribution in [0.5, 0.6) is 0 Å². The zero-order chi connectivity index (χ0) is 17.0. The zero-order valence-electron chi connectivity index (χ0n) is 12.6. The van der Waals surface area contributed by atoms with E-state index in [4.69, 9.17) is 4.74 Å². The lowest BCUT2D eigenvalue weighted by molar-refractivity contribution is -0.147. The normalized spacial score (nSPS) is 10.4. The first-order valence-corrected chi connectivity index (χ1v) is 8.40. The highest BCUT2D eigenvalue weighted by Gasteiger charge is 2.12. The average Bonchev–Trinajstić information content (AvgIpc) is 2.81. The SMILES string of the molecule is Cc1ccc(NC(=O)COC(=O)Cn2c(C)csc2=O)cc1Br. The van der Waals surface area contributed by atoms with E-state index in [1.165, 1.54) is 4.57 Å². The van der Waals surface area contributed by atoms with Crippen LogP contribution in [0.1, 0.15) is 11.3 Å². The Balaban J connectivity index is 1.85. The Bertz CT molecular complexity index is 797. The van der Waals surface area contributed by atoms with Gasteiger partial charge in [-0.25, -0.2) is 0 Å². The van der Waals surface area contributed by atoms with Gasteiger partial charge in [0.25, 0.3) is 5.91 Å². The molecule has 0 fully saturated rings. The highest BCUT2D eigenvalue weighted by Crippen LogP contribution is 2.20. The number of nitrogens with one attached hydrogen (secondary N) is 1. The fraction of sp³-hybridized carbons (Fsp3) is 0.267. The van der Waals surface area contributed by atoms with Crippen molar-refractivity contribution < 1.29 is 14.3 Å². The highest BCUT2D eigenvalue weighted by atomic mass is 79.9. The van der Waals surface area contributed by atoms with Crippen LogP contribution in [-0.2, 0) is 20.9 Å². The lowest BCUT2D eigenvalue weighted by Crippen LogP contribution is -2.26. The number of halogens is 1. The second kappa shape index (κ2) is 7.56. The molecule has 0 saturated heterocycles. The van der Waals surface area contributed by atoms with Crippen LogP contribution < -0.4 is 10.2 Å². The summed E-state index contributed by atoms with van der Waals surface area (Å²) in [7, 11) is 0. The van der Waals surface area contributed by atoms with Crippen molar-refractivity contribution in [3.8, 4) is 0 Å². The predicted molar refractivity (Wildman–Crippen MR) is 91.8 cm³/mol. The largest absolute Gasteiger partial charge is 0.454 e. The summed E-state index contributed by atoms with van der Waals surface area (Å²) < 4.78 is 7.08. The van der Waals surface area contributed by atoms with Crippen LogP contribution in [0.4, 0.5) is 5.69 Å². The molecule has 0 spiro atoms. The van der Waals surface area contributed by atoms with Crippen molar-refractivity contribution in [2.45, 2.75) is 20.4 Å². The maximum Gasteiger partial charge on any atom is 0.326 e. The first-order chi connectivity index (χ1) is 10.9. The maximum atomic E-state index is 11.8. The zero-order valence-corrected chi connectivity index (χ0v) is 15.0. The van der Waals surface area contributed by atoms with E-state index in [1.54, 1.807) is 24.4 Å². The Morgan fingerprint density at radius 2 is 2.09 bits per heavy atom. The summed E-state index contributed by atoms with van der Waals surface area (Å²) in [5, 5.41) is 4.30. The van der Waals surface area contributed by atoms with Crippen LogP contribution in [0.2, 0.25) is 0 Å². The van der Waals surface area contributed by atoms with Crippen LogP contribution in [0, 0.1) is 13.8 Å². The molecule has 6 nitrogen and oxygen atoms in total. The molecule has 2 aromatic rings. The smallest absolute Gasteiger partial charge is 0.326 e. The summed E-state index contributed by atoms with van der Waals surface area (Å²) in [6, 6.07) is 5.38. The molecule has 0 radical (unpaired) electrons. The molecule has 0 bridgehead atoms. The van der Waals surface area contributed by atoms with Crippen molar-refractivity contribution in [1.82, 2.24) is 4.57 Å². The molecule has 0 aliphatic heterocycles. The maximum absolute atomic E-state index is 11.8. The number of carbonyl (C=O) groups is 2. The van der Waals surface area contributed by atoms with Gasteiger partial charge in [0.05, 0.1) is 0 Å². The summed E-state index contributed by atoms with van der Waals surface area (Å²) in [6.45, 7) is 3.07. The number of aryl methyl sites for hydroxylation is 2. The van der Waals surface area contributed by atoms with Crippen molar-refractivity contribution >= 4 is 44.8 Å². The minimum absolute atomic E-state index is 0.197. The van der Waals surface area contributed by atoms with Crippen molar-refractivity contribution in [3.63, 3.8) is 0 Å². The van der Waals surface area contributed by atoms with Gasteiger partial charge in [-0.15, -0.1) is 0 Å². The number of ether oxygens (including phenoxy) is 1. The molecule has 0 aliphatic rings. The number of amides is 1. The van der Waals surface area contributed by atoms with E-state index in [1.807, 2.05) is 13.0 Å². The number of carbonyl (C=O) groups excluding carboxylic acids is 2. The van der Waals surface area contributed by atoms with Gasteiger partial charge in [0, 0.05) is 21.2 Å². The summed E-state index contributed by atoms with van der Waals surface area (Å²) in [6.07, 6.45) is 0. The highest BCUT2D eigenvalue weighted by molar-refractivity contribution is 9.10. The van der Waals surface area contributed by atoms with Crippen LogP contribution in [-0.4, -0.2) is 23.1 Å². The van der Waals surface area contributed by atoms with Gasteiger partial charge < -0.3 is 10.1 Å². The molecule has 1 aromatic carbocycles. The number of esters is 1. The number of aromatic nitrogens is 1. The Hall–Kier alpha value is -1.93. The fourth-order valence-electron chi connectivity index (χ4n) is 1.78. The Labute approximate surface area is 145 Å². The molecule has 1 amide bonds. The van der Waals surface area contributed by atoms with Crippen LogP contribution in [0.25, 0.3) is 0 Å². The molecular formula is C15H15BrN2O4S. The molecular weight excluding hydrogens is 384 g/mol. The minimum atomic E-state index is -0.631. The number of thiazole rings is 1.